The summed E-state index contributed by atoms with van der Waals surface area (Å²) in [7, 11) is 0. The van der Waals surface area contributed by atoms with Crippen molar-refractivity contribution in [2.75, 3.05) is 19.8 Å². The molecule has 250 valence electrons. The topological polar surface area (TPSA) is 80.3 Å². The Hall–Kier alpha value is -2.16. The maximum atomic E-state index is 13.3. The quantitative estimate of drug-likeness (QED) is 0.272. The Balaban J connectivity index is 1.27. The molecule has 2 saturated heterocycles. The summed E-state index contributed by atoms with van der Waals surface area (Å²) in [5.74, 6) is -0.988. The van der Waals surface area contributed by atoms with E-state index in [4.69, 9.17) is 46.9 Å². The Morgan fingerprint density at radius 3 is 2.13 bits per heavy atom. The highest BCUT2D eigenvalue weighted by atomic mass is 35.5. The first-order valence-electron chi connectivity index (χ1n) is 16.6. The number of hydrogen-bond donors (Lipinski definition) is 0. The molecule has 2 saturated carbocycles. The molecule has 0 N–H and O–H groups in total. The number of halogens is 2. The SMILES string of the molecule is C[C@@H]1CC[C@H]2[C@]3(C)COC(C)(C)O[C@H]3CC[C@]2(C)[C@]12CC[C@@](CCOC(=O)c1ccccc1Cl)(COC(=O)c1ccccc1Cl)O2. The van der Waals surface area contributed by atoms with Crippen LogP contribution < -0.4 is 0 Å². The van der Waals surface area contributed by atoms with Crippen molar-refractivity contribution < 1.29 is 33.3 Å². The minimum atomic E-state index is -0.851. The molecule has 6 rings (SSSR count). The molecule has 0 bridgehead atoms. The molecule has 0 amide bonds. The molecule has 0 radical (unpaired) electrons. The van der Waals surface area contributed by atoms with Gasteiger partial charge < -0.3 is 23.7 Å². The molecule has 2 heterocycles. The Labute approximate surface area is 282 Å². The fourth-order valence-corrected chi connectivity index (χ4v) is 9.71. The highest BCUT2D eigenvalue weighted by Crippen LogP contribution is 2.69. The number of fused-ring (bicyclic) bond motifs is 4. The molecule has 46 heavy (non-hydrogen) atoms. The average molecular weight is 674 g/mol. The number of carbonyl (C=O) groups is 2. The van der Waals surface area contributed by atoms with Crippen LogP contribution in [0.5, 0.6) is 0 Å². The zero-order valence-electron chi connectivity index (χ0n) is 27.5. The Morgan fingerprint density at radius 2 is 1.48 bits per heavy atom. The fourth-order valence-electron chi connectivity index (χ4n) is 9.28. The minimum Gasteiger partial charge on any atom is -0.462 e. The predicted molar refractivity (Wildman–Crippen MR) is 176 cm³/mol. The van der Waals surface area contributed by atoms with Gasteiger partial charge in [0.05, 0.1) is 46.1 Å². The number of esters is 2. The van der Waals surface area contributed by atoms with Crippen LogP contribution >= 0.6 is 23.2 Å². The van der Waals surface area contributed by atoms with Crippen molar-refractivity contribution in [1.29, 1.82) is 0 Å². The average Bonchev–Trinajstić information content (AvgIpc) is 3.41. The lowest BCUT2D eigenvalue weighted by Gasteiger charge is -2.67. The van der Waals surface area contributed by atoms with E-state index in [-0.39, 0.29) is 36.1 Å². The number of hydrogen-bond acceptors (Lipinski definition) is 7. The second kappa shape index (κ2) is 12.4. The van der Waals surface area contributed by atoms with E-state index >= 15 is 0 Å². The highest BCUT2D eigenvalue weighted by Gasteiger charge is 2.70. The maximum Gasteiger partial charge on any atom is 0.339 e. The van der Waals surface area contributed by atoms with Crippen molar-refractivity contribution in [3.63, 3.8) is 0 Å². The van der Waals surface area contributed by atoms with Gasteiger partial charge in [0.25, 0.3) is 0 Å². The summed E-state index contributed by atoms with van der Waals surface area (Å²) in [5, 5.41) is 0.672. The first-order valence-corrected chi connectivity index (χ1v) is 17.4. The Bertz CT molecular complexity index is 1480. The summed E-state index contributed by atoms with van der Waals surface area (Å²) >= 11 is 12.6. The molecular weight excluding hydrogens is 627 g/mol. The second-order valence-electron chi connectivity index (χ2n) is 14.9. The Kier molecular flexibility index (Phi) is 9.08. The summed E-state index contributed by atoms with van der Waals surface area (Å²) in [6, 6.07) is 13.7. The number of carbonyl (C=O) groups excluding carboxylic acids is 2. The van der Waals surface area contributed by atoms with Crippen LogP contribution in [0.15, 0.2) is 48.5 Å². The van der Waals surface area contributed by atoms with Crippen molar-refractivity contribution >= 4 is 35.1 Å². The molecule has 2 aliphatic carbocycles. The van der Waals surface area contributed by atoms with Gasteiger partial charge in [-0.1, -0.05) is 68.2 Å². The molecule has 9 heteroatoms. The zero-order valence-corrected chi connectivity index (χ0v) is 29.0. The minimum absolute atomic E-state index is 0.0240. The number of benzene rings is 2. The van der Waals surface area contributed by atoms with Crippen molar-refractivity contribution in [1.82, 2.24) is 0 Å². The van der Waals surface area contributed by atoms with Gasteiger partial charge >= 0.3 is 11.9 Å². The van der Waals surface area contributed by atoms with E-state index in [1.807, 2.05) is 13.8 Å². The molecular formula is C37H46Cl2O7. The van der Waals surface area contributed by atoms with Crippen LogP contribution in [0.25, 0.3) is 0 Å². The molecule has 2 aromatic rings. The second-order valence-corrected chi connectivity index (χ2v) is 15.7. The molecule has 0 unspecified atom stereocenters. The van der Waals surface area contributed by atoms with Crippen LogP contribution in [0.3, 0.4) is 0 Å². The monoisotopic (exact) mass is 672 g/mol. The molecule has 7 nitrogen and oxygen atoms in total. The van der Waals surface area contributed by atoms with E-state index in [1.165, 1.54) is 0 Å². The Morgan fingerprint density at radius 1 is 0.848 bits per heavy atom. The molecule has 0 aromatic heterocycles. The number of ether oxygens (including phenoxy) is 5. The van der Waals surface area contributed by atoms with Gasteiger partial charge in [-0.25, -0.2) is 9.59 Å². The molecule has 2 aliphatic heterocycles. The predicted octanol–water partition coefficient (Wildman–Crippen LogP) is 8.69. The third-order valence-electron chi connectivity index (χ3n) is 11.8. The van der Waals surface area contributed by atoms with Crippen molar-refractivity contribution in [2.45, 2.75) is 103 Å². The summed E-state index contributed by atoms with van der Waals surface area (Å²) in [6.07, 6.45) is 5.96. The normalized spacial score (nSPS) is 36.5. The smallest absolute Gasteiger partial charge is 0.339 e. The van der Waals surface area contributed by atoms with Crippen molar-refractivity contribution in [3.8, 4) is 0 Å². The van der Waals surface area contributed by atoms with E-state index < -0.39 is 28.9 Å². The van der Waals surface area contributed by atoms with Gasteiger partial charge in [0, 0.05) is 17.3 Å². The zero-order chi connectivity index (χ0) is 33.0. The van der Waals surface area contributed by atoms with Gasteiger partial charge in [0.2, 0.25) is 0 Å². The van der Waals surface area contributed by atoms with Crippen LogP contribution in [0.4, 0.5) is 0 Å². The summed E-state index contributed by atoms with van der Waals surface area (Å²) in [4.78, 5) is 26.2. The van der Waals surface area contributed by atoms with E-state index in [9.17, 15) is 9.59 Å². The molecule has 7 atom stereocenters. The first-order chi connectivity index (χ1) is 21.7. The van der Waals surface area contributed by atoms with Crippen molar-refractivity contribution in [2.24, 2.45) is 22.7 Å². The first kappa shape index (κ1) is 33.7. The molecule has 4 aliphatic rings. The van der Waals surface area contributed by atoms with Crippen LogP contribution in [0, 0.1) is 22.7 Å². The lowest BCUT2D eigenvalue weighted by molar-refractivity contribution is -0.359. The van der Waals surface area contributed by atoms with Crippen LogP contribution in [0.1, 0.15) is 100 Å². The van der Waals surface area contributed by atoms with E-state index in [1.54, 1.807) is 48.5 Å². The van der Waals surface area contributed by atoms with Gasteiger partial charge in [0.1, 0.15) is 12.2 Å². The third-order valence-corrected chi connectivity index (χ3v) is 12.5. The van der Waals surface area contributed by atoms with Crippen LogP contribution in [-0.4, -0.2) is 54.9 Å². The molecule has 2 aromatic carbocycles. The molecule has 4 fully saturated rings. The fraction of sp³-hybridized carbons (Fsp3) is 0.622. The summed E-state index contributed by atoms with van der Waals surface area (Å²) < 4.78 is 32.0. The van der Waals surface area contributed by atoms with Gasteiger partial charge in [-0.3, -0.25) is 0 Å². The van der Waals surface area contributed by atoms with Crippen LogP contribution in [-0.2, 0) is 23.7 Å². The van der Waals surface area contributed by atoms with Crippen molar-refractivity contribution in [3.05, 3.63) is 69.7 Å². The maximum absolute atomic E-state index is 13.3. The molecule has 1 spiro atoms. The summed E-state index contributed by atoms with van der Waals surface area (Å²) in [6.45, 7) is 11.8. The largest absolute Gasteiger partial charge is 0.462 e. The van der Waals surface area contributed by atoms with E-state index in [0.717, 1.165) is 32.1 Å². The van der Waals surface area contributed by atoms with Gasteiger partial charge in [0.15, 0.2) is 5.79 Å². The third kappa shape index (κ3) is 5.78. The lowest BCUT2D eigenvalue weighted by atomic mass is 9.43. The van der Waals surface area contributed by atoms with Gasteiger partial charge in [-0.15, -0.1) is 0 Å². The van der Waals surface area contributed by atoms with Gasteiger partial charge in [-0.05, 0) is 88.5 Å². The van der Waals surface area contributed by atoms with E-state index in [2.05, 4.69) is 20.8 Å². The highest BCUT2D eigenvalue weighted by molar-refractivity contribution is 6.34. The van der Waals surface area contributed by atoms with Crippen LogP contribution in [0.2, 0.25) is 10.0 Å². The van der Waals surface area contributed by atoms with E-state index in [0.29, 0.717) is 46.5 Å². The summed E-state index contributed by atoms with van der Waals surface area (Å²) in [5.41, 5.74) is -0.996. The number of rotatable bonds is 7. The standard InChI is InChI=1S/C37H46Cl2O7/c1-24-14-15-29-34(4)22-44-33(2,3)45-30(34)16-17-35(29,5)37(24)19-18-36(46-37,23-43-32(41)26-11-7-9-13-28(26)39)20-21-42-31(40)25-10-6-8-12-27(25)38/h6-13,24,29-30H,14-23H2,1-5H3/t24-,29+,30+,34+,35+,36-,37+/m1/s1. The van der Waals surface area contributed by atoms with Gasteiger partial charge in [-0.2, -0.15) is 0 Å². The lowest BCUT2D eigenvalue weighted by Crippen LogP contribution is -2.69.